The van der Waals surface area contributed by atoms with Crippen molar-refractivity contribution in [2.24, 2.45) is 17.0 Å². The predicted octanol–water partition coefficient (Wildman–Crippen LogP) is 1.55. The Hall–Kier alpha value is -4.72. The lowest BCUT2D eigenvalue weighted by Crippen LogP contribution is -2.77. The smallest absolute Gasteiger partial charge is 0.250 e. The van der Waals surface area contributed by atoms with E-state index in [-0.39, 0.29) is 17.3 Å². The van der Waals surface area contributed by atoms with Crippen molar-refractivity contribution in [2.75, 3.05) is 19.4 Å². The zero-order valence-electron chi connectivity index (χ0n) is 22.8. The standard InChI is InChI=1S/C29H30N8O2/c1-16(31-4)26-27(33-18(3)34-28(26)30)21-14-22(35-24(15-21)36-29(39)17(2)32-5)10-7-19-8-11-23-20(13-19)9-12-25(38)37(23)6/h8-9,11-15,17,30-32H,1-6H3,(H,35,36,39)/p+1. The van der Waals surface area contributed by atoms with Gasteiger partial charge >= 0.3 is 0 Å². The number of benzene rings is 1. The average Bonchev–Trinajstić information content (AvgIpc) is 2.92. The van der Waals surface area contributed by atoms with E-state index < -0.39 is 6.04 Å². The van der Waals surface area contributed by atoms with Crippen molar-refractivity contribution >= 4 is 40.0 Å². The van der Waals surface area contributed by atoms with Crippen molar-refractivity contribution in [3.63, 3.8) is 0 Å². The van der Waals surface area contributed by atoms with Crippen molar-refractivity contribution in [2.45, 2.75) is 26.8 Å². The van der Waals surface area contributed by atoms with Gasteiger partial charge in [0.25, 0.3) is 5.56 Å². The highest BCUT2D eigenvalue weighted by atomic mass is 16.2. The van der Waals surface area contributed by atoms with E-state index in [9.17, 15) is 9.59 Å². The van der Waals surface area contributed by atoms with Crippen LogP contribution >= 0.6 is 0 Å². The Balaban J connectivity index is 1.83. The van der Waals surface area contributed by atoms with Crippen LogP contribution in [0.2, 0.25) is 0 Å². The van der Waals surface area contributed by atoms with Gasteiger partial charge in [-0.1, -0.05) is 5.92 Å². The Morgan fingerprint density at radius 2 is 1.90 bits per heavy atom. The first-order chi connectivity index (χ1) is 18.6. The molecule has 1 aromatic carbocycles. The monoisotopic (exact) mass is 523 g/mol. The molecule has 0 radical (unpaired) electrons. The van der Waals surface area contributed by atoms with E-state index in [0.29, 0.717) is 34.2 Å². The first-order valence-corrected chi connectivity index (χ1v) is 12.5. The van der Waals surface area contributed by atoms with Gasteiger partial charge in [-0.25, -0.2) is 15.0 Å². The van der Waals surface area contributed by atoms with Gasteiger partial charge < -0.3 is 20.5 Å². The second-order valence-electron chi connectivity index (χ2n) is 9.19. The molecule has 0 spiro atoms. The van der Waals surface area contributed by atoms with Crippen LogP contribution in [0.4, 0.5) is 5.82 Å². The molecule has 0 fully saturated rings. The van der Waals surface area contributed by atoms with Crippen LogP contribution in [0, 0.1) is 17.3 Å². The molecule has 0 aliphatic carbocycles. The molecular weight excluding hydrogens is 492 g/mol. The topological polar surface area (TPSA) is 141 Å². The van der Waals surface area contributed by atoms with E-state index in [1.807, 2.05) is 37.5 Å². The van der Waals surface area contributed by atoms with Gasteiger partial charge in [0, 0.05) is 31.2 Å². The number of amidine groups is 2. The lowest BCUT2D eigenvalue weighted by Gasteiger charge is -2.17. The summed E-state index contributed by atoms with van der Waals surface area (Å²) in [7, 11) is 5.34. The lowest BCUT2D eigenvalue weighted by atomic mass is 9.98. The van der Waals surface area contributed by atoms with Gasteiger partial charge in [0.15, 0.2) is 5.84 Å². The number of nitrogens with zero attached hydrogens (tertiary/aromatic N) is 4. The van der Waals surface area contributed by atoms with Gasteiger partial charge in [0.2, 0.25) is 5.91 Å². The molecule has 10 heteroatoms. The molecule has 10 nitrogen and oxygen atoms in total. The van der Waals surface area contributed by atoms with Crippen molar-refractivity contribution < 1.29 is 10.1 Å². The number of likely N-dealkylation sites (N-methyl/N-ethyl adjacent to an activating group) is 1. The van der Waals surface area contributed by atoms with Crippen LogP contribution < -0.4 is 21.5 Å². The number of pyridine rings is 2. The highest BCUT2D eigenvalue weighted by molar-refractivity contribution is 6.35. The number of carbonyl (C=O) groups excluding carboxylic acids is 1. The number of rotatable bonds is 5. The molecule has 1 aliphatic heterocycles. The van der Waals surface area contributed by atoms with Gasteiger partial charge in [-0.3, -0.25) is 15.0 Å². The van der Waals surface area contributed by atoms with Gasteiger partial charge in [0.1, 0.15) is 28.6 Å². The third-order valence-corrected chi connectivity index (χ3v) is 6.48. The van der Waals surface area contributed by atoms with Crippen LogP contribution in [0.1, 0.15) is 37.6 Å². The molecular formula is C29H31N8O2+. The van der Waals surface area contributed by atoms with Gasteiger partial charge in [-0.2, -0.15) is 0 Å². The number of amides is 1. The van der Waals surface area contributed by atoms with Gasteiger partial charge in [0.05, 0.1) is 24.3 Å². The first kappa shape index (κ1) is 27.3. The predicted molar refractivity (Wildman–Crippen MR) is 154 cm³/mol. The summed E-state index contributed by atoms with van der Waals surface area (Å²) < 4.78 is 1.59. The first-order valence-electron chi connectivity index (χ1n) is 12.5. The molecule has 39 heavy (non-hydrogen) atoms. The molecule has 1 amide bonds. The highest BCUT2D eigenvalue weighted by Gasteiger charge is 2.25. The third-order valence-electron chi connectivity index (χ3n) is 6.48. The van der Waals surface area contributed by atoms with Gasteiger partial charge in [-0.05, 0) is 68.6 Å². The molecule has 3 aromatic rings. The largest absolute Gasteiger partial charge is 0.319 e. The Kier molecular flexibility index (Phi) is 7.95. The summed E-state index contributed by atoms with van der Waals surface area (Å²) in [5, 5.41) is 17.1. The minimum atomic E-state index is -0.430. The van der Waals surface area contributed by atoms with E-state index in [1.165, 1.54) is 6.07 Å². The summed E-state index contributed by atoms with van der Waals surface area (Å²) >= 11 is 0. The summed E-state index contributed by atoms with van der Waals surface area (Å²) in [5.74, 6) is 6.92. The number of quaternary nitrogens is 1. The molecule has 2 aromatic heterocycles. The second-order valence-corrected chi connectivity index (χ2v) is 9.19. The maximum Gasteiger partial charge on any atom is 0.250 e. The fraction of sp³-hybridized carbons (Fsp3) is 0.241. The van der Waals surface area contributed by atoms with Crippen LogP contribution in [-0.4, -0.2) is 53.0 Å². The maximum atomic E-state index is 12.6. The number of allylic oxidation sites excluding steroid dienone is 1. The van der Waals surface area contributed by atoms with Crippen LogP contribution in [-0.2, 0) is 11.8 Å². The van der Waals surface area contributed by atoms with E-state index in [1.54, 1.807) is 50.7 Å². The number of nitrogens with one attached hydrogen (secondary N) is 3. The average molecular weight is 524 g/mol. The van der Waals surface area contributed by atoms with Crippen LogP contribution in [0.3, 0.4) is 0 Å². The van der Waals surface area contributed by atoms with Crippen molar-refractivity contribution in [3.05, 3.63) is 80.9 Å². The fourth-order valence-corrected chi connectivity index (χ4v) is 4.06. The number of fused-ring (bicyclic) bond motifs is 1. The quantitative estimate of drug-likeness (QED) is 0.377. The summed E-state index contributed by atoms with van der Waals surface area (Å²) in [5.41, 5.74) is 4.60. The number of aliphatic imine (C=N–C) groups is 2. The van der Waals surface area contributed by atoms with Crippen LogP contribution in [0.15, 0.2) is 68.5 Å². The normalized spacial score (nSPS) is 15.2. The SMILES string of the molecule is CNC(C)C(=O)Nc1cc(C2=NC(C)=NC(=N)C2=C(C)[NH2+]C)cc(C#Cc2ccc3c(ccc(=O)n3C)c2)n1. The van der Waals surface area contributed by atoms with E-state index >= 15 is 0 Å². The number of hydrogen-bond acceptors (Lipinski definition) is 6. The number of anilines is 1. The van der Waals surface area contributed by atoms with Crippen LogP contribution in [0.5, 0.6) is 0 Å². The number of aryl methyl sites for hydroxylation is 1. The van der Waals surface area contributed by atoms with Crippen molar-refractivity contribution in [1.29, 1.82) is 5.41 Å². The molecule has 1 atom stereocenters. The number of carbonyl (C=O) groups is 1. The molecule has 198 valence electrons. The summed E-state index contributed by atoms with van der Waals surface area (Å²) in [6, 6.07) is 12.0. The Morgan fingerprint density at radius 3 is 2.62 bits per heavy atom. The maximum absolute atomic E-state index is 12.6. The molecule has 0 bridgehead atoms. The van der Waals surface area contributed by atoms with Crippen LogP contribution in [0.25, 0.3) is 10.9 Å². The third kappa shape index (κ3) is 5.90. The summed E-state index contributed by atoms with van der Waals surface area (Å²) in [4.78, 5) is 38.1. The number of hydrogen-bond donors (Lipinski definition) is 4. The summed E-state index contributed by atoms with van der Waals surface area (Å²) in [6.45, 7) is 5.40. The molecule has 3 heterocycles. The number of aromatic nitrogens is 2. The Morgan fingerprint density at radius 1 is 1.13 bits per heavy atom. The second kappa shape index (κ2) is 11.3. The van der Waals surface area contributed by atoms with E-state index in [2.05, 4.69) is 37.4 Å². The van der Waals surface area contributed by atoms with Gasteiger partial charge in [-0.15, -0.1) is 0 Å². The molecule has 0 saturated heterocycles. The minimum Gasteiger partial charge on any atom is -0.319 e. The molecule has 0 saturated carbocycles. The summed E-state index contributed by atoms with van der Waals surface area (Å²) in [6.07, 6.45) is 0. The Labute approximate surface area is 226 Å². The minimum absolute atomic E-state index is 0.0761. The molecule has 1 aliphatic rings. The molecule has 5 N–H and O–H groups in total. The van der Waals surface area contributed by atoms with E-state index in [0.717, 1.165) is 22.2 Å². The zero-order valence-corrected chi connectivity index (χ0v) is 22.8. The lowest BCUT2D eigenvalue weighted by molar-refractivity contribution is -0.576. The molecule has 1 unspecified atom stereocenters. The fourth-order valence-electron chi connectivity index (χ4n) is 4.06. The van der Waals surface area contributed by atoms with E-state index in [4.69, 9.17) is 5.41 Å². The highest BCUT2D eigenvalue weighted by Crippen LogP contribution is 2.21. The van der Waals surface area contributed by atoms with Crippen molar-refractivity contribution in [1.82, 2.24) is 14.9 Å². The zero-order chi connectivity index (χ0) is 28.3. The Bertz CT molecular complexity index is 1720. The number of nitrogens with two attached hydrogens (primary N) is 1. The van der Waals surface area contributed by atoms with Crippen molar-refractivity contribution in [3.8, 4) is 11.8 Å². The molecule has 4 rings (SSSR count).